The minimum atomic E-state index is -0.268. The Bertz CT molecular complexity index is 405. The molecule has 2 rings (SSSR count). The molecule has 0 bridgehead atoms. The zero-order valence-electron chi connectivity index (χ0n) is 11.5. The first-order valence-corrected chi connectivity index (χ1v) is 7.47. The monoisotopic (exact) mass is 284 g/mol. The van der Waals surface area contributed by atoms with Crippen molar-refractivity contribution in [3.8, 4) is 0 Å². The molecule has 0 amide bonds. The highest BCUT2D eigenvalue weighted by atomic mass is 35.5. The highest BCUT2D eigenvalue weighted by molar-refractivity contribution is 6.31. The number of rotatable bonds is 5. The van der Waals surface area contributed by atoms with E-state index in [1.807, 2.05) is 0 Å². The van der Waals surface area contributed by atoms with Crippen LogP contribution in [0.2, 0.25) is 5.02 Å². The van der Waals surface area contributed by atoms with Gasteiger partial charge in [0.1, 0.15) is 5.82 Å². The van der Waals surface area contributed by atoms with Crippen molar-refractivity contribution in [2.45, 2.75) is 38.8 Å². The molecule has 4 heteroatoms. The molecule has 2 nitrogen and oxygen atoms in total. The number of benzene rings is 1. The van der Waals surface area contributed by atoms with Gasteiger partial charge in [0, 0.05) is 24.2 Å². The van der Waals surface area contributed by atoms with Crippen molar-refractivity contribution in [1.29, 1.82) is 0 Å². The van der Waals surface area contributed by atoms with Gasteiger partial charge in [-0.15, -0.1) is 0 Å². The maximum atomic E-state index is 13.1. The molecule has 1 atom stereocenters. The molecule has 1 N–H and O–H groups in total. The summed E-state index contributed by atoms with van der Waals surface area (Å²) < 4.78 is 13.1. The third-order valence-corrected chi connectivity index (χ3v) is 4.04. The van der Waals surface area contributed by atoms with E-state index in [1.165, 1.54) is 25.0 Å². The fourth-order valence-electron chi connectivity index (χ4n) is 2.69. The van der Waals surface area contributed by atoms with Gasteiger partial charge >= 0.3 is 0 Å². The van der Waals surface area contributed by atoms with Crippen molar-refractivity contribution in [3.63, 3.8) is 0 Å². The van der Waals surface area contributed by atoms with Gasteiger partial charge in [-0.05, 0) is 50.0 Å². The van der Waals surface area contributed by atoms with Crippen LogP contribution in [0, 0.1) is 5.82 Å². The predicted molar refractivity (Wildman–Crippen MR) is 78.0 cm³/mol. The molecule has 0 radical (unpaired) electrons. The Balaban J connectivity index is 2.06. The summed E-state index contributed by atoms with van der Waals surface area (Å²) in [6, 6.07) is 5.26. The van der Waals surface area contributed by atoms with E-state index < -0.39 is 0 Å². The van der Waals surface area contributed by atoms with Crippen LogP contribution in [0.4, 0.5) is 4.39 Å². The van der Waals surface area contributed by atoms with E-state index in [0.29, 0.717) is 11.1 Å². The number of nitrogens with one attached hydrogen (secondary N) is 1. The van der Waals surface area contributed by atoms with E-state index in [1.54, 1.807) is 6.07 Å². The highest BCUT2D eigenvalue weighted by Crippen LogP contribution is 2.21. The summed E-state index contributed by atoms with van der Waals surface area (Å²) in [6.45, 7) is 6.21. The third-order valence-electron chi connectivity index (χ3n) is 3.69. The van der Waals surface area contributed by atoms with Gasteiger partial charge in [-0.1, -0.05) is 24.6 Å². The molecule has 1 aliphatic heterocycles. The van der Waals surface area contributed by atoms with Gasteiger partial charge in [0.15, 0.2) is 0 Å². The summed E-state index contributed by atoms with van der Waals surface area (Å²) in [5.41, 5.74) is 1.02. The van der Waals surface area contributed by atoms with E-state index in [9.17, 15) is 4.39 Å². The van der Waals surface area contributed by atoms with Crippen LogP contribution in [0.1, 0.15) is 31.7 Å². The van der Waals surface area contributed by atoms with Gasteiger partial charge < -0.3 is 5.32 Å². The minimum Gasteiger partial charge on any atom is -0.315 e. The van der Waals surface area contributed by atoms with Crippen molar-refractivity contribution in [3.05, 3.63) is 34.6 Å². The first-order valence-electron chi connectivity index (χ1n) is 7.09. The lowest BCUT2D eigenvalue weighted by Gasteiger charge is -2.34. The van der Waals surface area contributed by atoms with E-state index in [2.05, 4.69) is 17.1 Å². The standard InChI is InChI=1S/C15H22ClFN2/c1-2-8-19(14-4-3-7-18-10-14)11-12-5-6-13(17)9-15(12)16/h5-6,9,14,18H,2-4,7-8,10-11H2,1H3. The topological polar surface area (TPSA) is 15.3 Å². The Morgan fingerprint density at radius 3 is 2.95 bits per heavy atom. The Morgan fingerprint density at radius 1 is 1.47 bits per heavy atom. The van der Waals surface area contributed by atoms with Crippen LogP contribution in [-0.2, 0) is 6.54 Å². The third kappa shape index (κ3) is 4.16. The summed E-state index contributed by atoms with van der Waals surface area (Å²) in [7, 11) is 0. The van der Waals surface area contributed by atoms with Crippen molar-refractivity contribution in [1.82, 2.24) is 10.2 Å². The molecule has 0 spiro atoms. The largest absolute Gasteiger partial charge is 0.315 e. The van der Waals surface area contributed by atoms with Gasteiger partial charge in [-0.2, -0.15) is 0 Å². The second-order valence-electron chi connectivity index (χ2n) is 5.21. The Kier molecular flexibility index (Phi) is 5.61. The molecule has 1 unspecified atom stereocenters. The highest BCUT2D eigenvalue weighted by Gasteiger charge is 2.21. The Morgan fingerprint density at radius 2 is 2.32 bits per heavy atom. The summed E-state index contributed by atoms with van der Waals surface area (Å²) in [4.78, 5) is 2.46. The first kappa shape index (κ1) is 14.8. The van der Waals surface area contributed by atoms with Gasteiger partial charge in [0.05, 0.1) is 0 Å². The lowest BCUT2D eigenvalue weighted by Crippen LogP contribution is -2.45. The summed E-state index contributed by atoms with van der Waals surface area (Å²) in [6.07, 6.45) is 3.57. The number of hydrogen-bond acceptors (Lipinski definition) is 2. The number of hydrogen-bond donors (Lipinski definition) is 1. The number of piperidine rings is 1. The second kappa shape index (κ2) is 7.22. The van der Waals surface area contributed by atoms with E-state index >= 15 is 0 Å². The molecule has 1 saturated heterocycles. The minimum absolute atomic E-state index is 0.268. The molecular formula is C15H22ClFN2. The smallest absolute Gasteiger partial charge is 0.124 e. The molecule has 0 aliphatic carbocycles. The molecule has 0 aromatic heterocycles. The number of halogens is 2. The Labute approximate surface area is 119 Å². The molecule has 106 valence electrons. The fraction of sp³-hybridized carbons (Fsp3) is 0.600. The van der Waals surface area contributed by atoms with Crippen molar-refractivity contribution in [2.75, 3.05) is 19.6 Å². The van der Waals surface area contributed by atoms with Crippen LogP contribution in [0.15, 0.2) is 18.2 Å². The molecule has 1 fully saturated rings. The van der Waals surface area contributed by atoms with Crippen molar-refractivity contribution < 1.29 is 4.39 Å². The zero-order chi connectivity index (χ0) is 13.7. The van der Waals surface area contributed by atoms with Crippen LogP contribution in [0.3, 0.4) is 0 Å². The molecule has 1 aromatic carbocycles. The lowest BCUT2D eigenvalue weighted by atomic mass is 10.0. The molecule has 0 saturated carbocycles. The second-order valence-corrected chi connectivity index (χ2v) is 5.61. The quantitative estimate of drug-likeness (QED) is 0.891. The maximum Gasteiger partial charge on any atom is 0.124 e. The van der Waals surface area contributed by atoms with Crippen molar-refractivity contribution >= 4 is 11.6 Å². The normalized spacial score (nSPS) is 19.9. The van der Waals surface area contributed by atoms with Gasteiger partial charge in [-0.3, -0.25) is 4.90 Å². The van der Waals surface area contributed by atoms with Crippen LogP contribution in [0.25, 0.3) is 0 Å². The van der Waals surface area contributed by atoms with Crippen LogP contribution < -0.4 is 5.32 Å². The maximum absolute atomic E-state index is 13.1. The lowest BCUT2D eigenvalue weighted by molar-refractivity contribution is 0.158. The first-order chi connectivity index (χ1) is 9.20. The zero-order valence-corrected chi connectivity index (χ0v) is 12.2. The Hall–Kier alpha value is -0.640. The summed E-state index contributed by atoms with van der Waals surface area (Å²) >= 11 is 6.13. The molecule has 1 heterocycles. The van der Waals surface area contributed by atoms with Gasteiger partial charge in [-0.25, -0.2) is 4.39 Å². The number of nitrogens with zero attached hydrogens (tertiary/aromatic N) is 1. The van der Waals surface area contributed by atoms with E-state index in [0.717, 1.165) is 38.2 Å². The van der Waals surface area contributed by atoms with E-state index in [4.69, 9.17) is 11.6 Å². The summed E-state index contributed by atoms with van der Waals surface area (Å²) in [5, 5.41) is 3.98. The molecule has 1 aromatic rings. The fourth-order valence-corrected chi connectivity index (χ4v) is 2.92. The average Bonchev–Trinajstić information content (AvgIpc) is 2.42. The SMILES string of the molecule is CCCN(Cc1ccc(F)cc1Cl)C1CCCNC1. The van der Waals surface area contributed by atoms with Crippen molar-refractivity contribution in [2.24, 2.45) is 0 Å². The molecular weight excluding hydrogens is 263 g/mol. The van der Waals surface area contributed by atoms with Crippen LogP contribution >= 0.6 is 11.6 Å². The van der Waals surface area contributed by atoms with Gasteiger partial charge in [0.2, 0.25) is 0 Å². The summed E-state index contributed by atoms with van der Waals surface area (Å²) in [5.74, 6) is -0.268. The molecule has 19 heavy (non-hydrogen) atoms. The van der Waals surface area contributed by atoms with Crippen LogP contribution in [0.5, 0.6) is 0 Å². The van der Waals surface area contributed by atoms with E-state index in [-0.39, 0.29) is 5.82 Å². The average molecular weight is 285 g/mol. The van der Waals surface area contributed by atoms with Gasteiger partial charge in [0.25, 0.3) is 0 Å². The molecule has 1 aliphatic rings. The predicted octanol–water partition coefficient (Wildman–Crippen LogP) is 3.44. The van der Waals surface area contributed by atoms with Crippen LogP contribution in [-0.4, -0.2) is 30.6 Å².